The monoisotopic (exact) mass is 263 g/mol. The van der Waals surface area contributed by atoms with E-state index in [9.17, 15) is 13.2 Å². The van der Waals surface area contributed by atoms with E-state index < -0.39 is 17.5 Å². The van der Waals surface area contributed by atoms with Gasteiger partial charge in [-0.3, -0.25) is 0 Å². The van der Waals surface area contributed by atoms with E-state index in [2.05, 4.69) is 0 Å². The van der Waals surface area contributed by atoms with Crippen molar-refractivity contribution in [1.82, 2.24) is 0 Å². The van der Waals surface area contributed by atoms with E-state index in [1.54, 1.807) is 0 Å². The van der Waals surface area contributed by atoms with Crippen molar-refractivity contribution in [2.75, 3.05) is 0 Å². The molecule has 5 heteroatoms. The van der Waals surface area contributed by atoms with E-state index >= 15 is 0 Å². The number of ether oxygens (including phenoxy) is 1. The minimum Gasteiger partial charge on any atom is -0.486 e. The first-order valence-electron chi connectivity index (χ1n) is 5.37. The predicted octanol–water partition coefficient (Wildman–Crippen LogP) is 3.55. The molecule has 0 unspecified atom stereocenters. The van der Waals surface area contributed by atoms with Crippen molar-refractivity contribution in [3.05, 3.63) is 65.0 Å². The standard InChI is InChI=1S/C14H8F3NO/c15-11-5-4-9(7-18)10(6-11)8-19-13-3-1-2-12(16)14(13)17/h1-6H,8H2. The second-order valence-corrected chi connectivity index (χ2v) is 3.75. The lowest BCUT2D eigenvalue weighted by Gasteiger charge is -2.08. The maximum Gasteiger partial charge on any atom is 0.200 e. The average molecular weight is 263 g/mol. The molecular formula is C14H8F3NO. The normalized spacial score (nSPS) is 10.0. The average Bonchev–Trinajstić information content (AvgIpc) is 2.40. The van der Waals surface area contributed by atoms with Crippen LogP contribution in [0.4, 0.5) is 13.2 Å². The summed E-state index contributed by atoms with van der Waals surface area (Å²) in [5.74, 6) is -2.96. The molecule has 0 atom stereocenters. The smallest absolute Gasteiger partial charge is 0.200 e. The number of halogens is 3. The van der Waals surface area contributed by atoms with Crippen LogP contribution in [0.3, 0.4) is 0 Å². The lowest BCUT2D eigenvalue weighted by molar-refractivity contribution is 0.284. The summed E-state index contributed by atoms with van der Waals surface area (Å²) >= 11 is 0. The van der Waals surface area contributed by atoms with E-state index in [0.29, 0.717) is 0 Å². The van der Waals surface area contributed by atoms with Gasteiger partial charge in [0.25, 0.3) is 0 Å². The van der Waals surface area contributed by atoms with Crippen LogP contribution in [0.1, 0.15) is 11.1 Å². The van der Waals surface area contributed by atoms with Gasteiger partial charge in [-0.05, 0) is 30.3 Å². The topological polar surface area (TPSA) is 33.0 Å². The van der Waals surface area contributed by atoms with Crippen LogP contribution in [0.2, 0.25) is 0 Å². The van der Waals surface area contributed by atoms with Crippen molar-refractivity contribution in [3.8, 4) is 11.8 Å². The zero-order valence-electron chi connectivity index (χ0n) is 9.66. The molecule has 96 valence electrons. The number of nitrogens with zero attached hydrogens (tertiary/aromatic N) is 1. The van der Waals surface area contributed by atoms with Crippen molar-refractivity contribution in [3.63, 3.8) is 0 Å². The van der Waals surface area contributed by atoms with Crippen LogP contribution in [0.15, 0.2) is 36.4 Å². The molecule has 0 saturated heterocycles. The Morgan fingerprint density at radius 2 is 1.89 bits per heavy atom. The number of hydrogen-bond acceptors (Lipinski definition) is 2. The number of hydrogen-bond donors (Lipinski definition) is 0. The van der Waals surface area contributed by atoms with Gasteiger partial charge < -0.3 is 4.74 Å². The summed E-state index contributed by atoms with van der Waals surface area (Å²) in [6.45, 7) is -0.221. The predicted molar refractivity (Wildman–Crippen MR) is 61.8 cm³/mol. The van der Waals surface area contributed by atoms with Gasteiger partial charge in [0, 0.05) is 5.56 Å². The fourth-order valence-corrected chi connectivity index (χ4v) is 1.54. The first-order chi connectivity index (χ1) is 9.11. The molecule has 2 aromatic carbocycles. The summed E-state index contributed by atoms with van der Waals surface area (Å²) in [6.07, 6.45) is 0. The van der Waals surface area contributed by atoms with Crippen LogP contribution in [0.5, 0.6) is 5.75 Å². The quantitative estimate of drug-likeness (QED) is 0.848. The van der Waals surface area contributed by atoms with E-state index in [4.69, 9.17) is 10.00 Å². The summed E-state index contributed by atoms with van der Waals surface area (Å²) < 4.78 is 44.4. The molecule has 19 heavy (non-hydrogen) atoms. The molecule has 2 nitrogen and oxygen atoms in total. The van der Waals surface area contributed by atoms with Crippen LogP contribution in [0, 0.1) is 28.8 Å². The van der Waals surface area contributed by atoms with E-state index in [1.165, 1.54) is 18.2 Å². The van der Waals surface area contributed by atoms with Crippen molar-refractivity contribution in [2.24, 2.45) is 0 Å². The van der Waals surface area contributed by atoms with Gasteiger partial charge >= 0.3 is 0 Å². The molecule has 2 rings (SSSR count). The number of rotatable bonds is 3. The largest absolute Gasteiger partial charge is 0.486 e. The molecule has 0 radical (unpaired) electrons. The highest BCUT2D eigenvalue weighted by Gasteiger charge is 2.10. The van der Waals surface area contributed by atoms with Gasteiger partial charge in [-0.15, -0.1) is 0 Å². The Hall–Kier alpha value is -2.48. The molecular weight excluding hydrogens is 255 g/mol. The first kappa shape index (κ1) is 13.0. The summed E-state index contributed by atoms with van der Waals surface area (Å²) in [5, 5.41) is 8.84. The Morgan fingerprint density at radius 3 is 2.63 bits per heavy atom. The van der Waals surface area contributed by atoms with E-state index in [0.717, 1.165) is 18.2 Å². The Kier molecular flexibility index (Phi) is 3.71. The molecule has 0 aliphatic carbocycles. The Morgan fingerprint density at radius 1 is 1.11 bits per heavy atom. The van der Waals surface area contributed by atoms with Gasteiger partial charge in [-0.2, -0.15) is 9.65 Å². The third-order valence-electron chi connectivity index (χ3n) is 2.49. The third-order valence-corrected chi connectivity index (χ3v) is 2.49. The van der Waals surface area contributed by atoms with Crippen molar-refractivity contribution >= 4 is 0 Å². The highest BCUT2D eigenvalue weighted by atomic mass is 19.2. The van der Waals surface area contributed by atoms with Gasteiger partial charge in [0.05, 0.1) is 11.6 Å². The highest BCUT2D eigenvalue weighted by molar-refractivity contribution is 5.38. The van der Waals surface area contributed by atoms with Gasteiger partial charge in [-0.25, -0.2) is 8.78 Å². The van der Waals surface area contributed by atoms with Crippen molar-refractivity contribution in [1.29, 1.82) is 5.26 Å². The van der Waals surface area contributed by atoms with Crippen LogP contribution in [0.25, 0.3) is 0 Å². The summed E-state index contributed by atoms with van der Waals surface area (Å²) in [6, 6.07) is 8.95. The zero-order chi connectivity index (χ0) is 13.8. The fraction of sp³-hybridized carbons (Fsp3) is 0.0714. The SMILES string of the molecule is N#Cc1ccc(F)cc1COc1cccc(F)c1F. The molecule has 0 fully saturated rings. The number of nitriles is 1. The van der Waals surface area contributed by atoms with Crippen molar-refractivity contribution < 1.29 is 17.9 Å². The lowest BCUT2D eigenvalue weighted by Crippen LogP contribution is -2.01. The molecule has 0 bridgehead atoms. The van der Waals surface area contributed by atoms with E-state index in [-0.39, 0.29) is 23.5 Å². The fourth-order valence-electron chi connectivity index (χ4n) is 1.54. The van der Waals surface area contributed by atoms with E-state index in [1.807, 2.05) is 6.07 Å². The van der Waals surface area contributed by atoms with Crippen LogP contribution in [-0.2, 0) is 6.61 Å². The Bertz CT molecular complexity index is 650. The second-order valence-electron chi connectivity index (χ2n) is 3.75. The summed E-state index contributed by atoms with van der Waals surface area (Å²) in [5.41, 5.74) is 0.490. The highest BCUT2D eigenvalue weighted by Crippen LogP contribution is 2.21. The Labute approximate surface area is 107 Å². The molecule has 0 saturated carbocycles. The van der Waals surface area contributed by atoms with Crippen LogP contribution >= 0.6 is 0 Å². The maximum absolute atomic E-state index is 13.3. The third kappa shape index (κ3) is 2.86. The van der Waals surface area contributed by atoms with Gasteiger partial charge in [0.1, 0.15) is 12.4 Å². The maximum atomic E-state index is 13.3. The zero-order valence-corrected chi connectivity index (χ0v) is 9.66. The molecule has 0 N–H and O–H groups in total. The molecule has 0 aromatic heterocycles. The lowest BCUT2D eigenvalue weighted by atomic mass is 10.1. The Balaban J connectivity index is 2.21. The van der Waals surface area contributed by atoms with Gasteiger partial charge in [0.2, 0.25) is 5.82 Å². The second kappa shape index (κ2) is 5.44. The molecule has 2 aromatic rings. The summed E-state index contributed by atoms with van der Waals surface area (Å²) in [7, 11) is 0. The van der Waals surface area contributed by atoms with Crippen molar-refractivity contribution in [2.45, 2.75) is 6.61 Å². The molecule has 0 heterocycles. The molecule has 0 aliphatic rings. The van der Waals surface area contributed by atoms with Crippen LogP contribution in [-0.4, -0.2) is 0 Å². The number of benzene rings is 2. The summed E-state index contributed by atoms with van der Waals surface area (Å²) in [4.78, 5) is 0. The molecule has 0 aliphatic heterocycles. The molecule has 0 amide bonds. The van der Waals surface area contributed by atoms with Gasteiger partial charge in [-0.1, -0.05) is 6.07 Å². The molecule has 0 spiro atoms. The van der Waals surface area contributed by atoms with Gasteiger partial charge in [0.15, 0.2) is 11.6 Å². The minimum absolute atomic E-state index is 0.221. The first-order valence-corrected chi connectivity index (χ1v) is 5.37. The van der Waals surface area contributed by atoms with Crippen LogP contribution < -0.4 is 4.74 Å². The minimum atomic E-state index is -1.11.